The van der Waals surface area contributed by atoms with Crippen LogP contribution in [0.3, 0.4) is 0 Å². The summed E-state index contributed by atoms with van der Waals surface area (Å²) in [4.78, 5) is 9.45. The van der Waals surface area contributed by atoms with Crippen molar-refractivity contribution in [3.63, 3.8) is 0 Å². The molecule has 0 radical (unpaired) electrons. The molecule has 182 valence electrons. The summed E-state index contributed by atoms with van der Waals surface area (Å²) >= 11 is 0. The van der Waals surface area contributed by atoms with Crippen molar-refractivity contribution < 1.29 is 21.6 Å². The van der Waals surface area contributed by atoms with Crippen LogP contribution in [0.4, 0.5) is 18.9 Å². The number of aromatic amines is 1. The van der Waals surface area contributed by atoms with Crippen LogP contribution in [0.1, 0.15) is 34.6 Å². The third-order valence-corrected chi connectivity index (χ3v) is 7.77. The zero-order valence-corrected chi connectivity index (χ0v) is 19.8. The van der Waals surface area contributed by atoms with Gasteiger partial charge in [-0.05, 0) is 49.4 Å². The van der Waals surface area contributed by atoms with E-state index in [1.807, 2.05) is 54.3 Å². The first-order valence-corrected chi connectivity index (χ1v) is 12.5. The molecule has 0 spiro atoms. The Morgan fingerprint density at radius 1 is 1.09 bits per heavy atom. The molecular formula is C24H27F3N4O2S. The number of hydrogen-bond acceptors (Lipinski definition) is 4. The number of nitrogens with one attached hydrogen (secondary N) is 1. The zero-order valence-electron chi connectivity index (χ0n) is 19.0. The van der Waals surface area contributed by atoms with Gasteiger partial charge in [0.05, 0.1) is 18.4 Å². The van der Waals surface area contributed by atoms with E-state index in [1.165, 1.54) is 0 Å². The largest absolute Gasteiger partial charge is 0.511 e. The third kappa shape index (κ3) is 4.97. The van der Waals surface area contributed by atoms with Gasteiger partial charge < -0.3 is 9.88 Å². The lowest BCUT2D eigenvalue weighted by Gasteiger charge is -2.34. The molecule has 1 aromatic heterocycles. The quantitative estimate of drug-likeness (QED) is 0.542. The van der Waals surface area contributed by atoms with E-state index < -0.39 is 21.6 Å². The third-order valence-electron chi connectivity index (χ3n) is 6.22. The monoisotopic (exact) mass is 492 g/mol. The predicted octanol–water partition coefficient (Wildman–Crippen LogP) is 4.70. The Morgan fingerprint density at radius 2 is 1.82 bits per heavy atom. The fourth-order valence-electron chi connectivity index (χ4n) is 4.44. The first-order chi connectivity index (χ1) is 16.1. The number of sulfonamides is 1. The van der Waals surface area contributed by atoms with Crippen LogP contribution in [-0.4, -0.2) is 40.8 Å². The second kappa shape index (κ2) is 9.42. The number of aryl methyl sites for hydroxylation is 3. The standard InChI is InChI=1S/C24H27F3N4O2S/c1-17-7-6-10-23-22(17)16-30(34(32,33)24(25,26)27)15-21(12-11-19-8-4-3-5-9-19)31(23)14-20-13-28-18(2)29-20/h3-10,13,21H,11-12,14-16H2,1-2H3,(H,28,29)/t21-/m1/s1. The number of halogens is 3. The lowest BCUT2D eigenvalue weighted by molar-refractivity contribution is -0.0492. The van der Waals surface area contributed by atoms with E-state index in [1.54, 1.807) is 19.2 Å². The normalized spacial score (nSPS) is 17.4. The van der Waals surface area contributed by atoms with Crippen molar-refractivity contribution in [2.24, 2.45) is 0 Å². The van der Waals surface area contributed by atoms with Crippen LogP contribution in [0, 0.1) is 13.8 Å². The molecule has 0 saturated carbocycles. The molecule has 1 N–H and O–H groups in total. The van der Waals surface area contributed by atoms with Crippen molar-refractivity contribution in [1.29, 1.82) is 0 Å². The van der Waals surface area contributed by atoms with E-state index in [-0.39, 0.29) is 13.1 Å². The van der Waals surface area contributed by atoms with Crippen LogP contribution in [0.15, 0.2) is 54.7 Å². The lowest BCUT2D eigenvalue weighted by Crippen LogP contribution is -2.47. The minimum atomic E-state index is -5.50. The van der Waals surface area contributed by atoms with Crippen molar-refractivity contribution >= 4 is 15.7 Å². The maximum atomic E-state index is 13.6. The second-order valence-electron chi connectivity index (χ2n) is 8.62. The summed E-state index contributed by atoms with van der Waals surface area (Å²) in [5.74, 6) is 0.733. The van der Waals surface area contributed by atoms with Crippen LogP contribution in [-0.2, 0) is 29.5 Å². The molecule has 1 aliphatic rings. The van der Waals surface area contributed by atoms with Gasteiger partial charge in [0.2, 0.25) is 0 Å². The number of hydrogen-bond donors (Lipinski definition) is 1. The number of nitrogens with zero attached hydrogens (tertiary/aromatic N) is 3. The van der Waals surface area contributed by atoms with Gasteiger partial charge in [0.1, 0.15) is 5.82 Å². The van der Waals surface area contributed by atoms with Crippen molar-refractivity contribution in [2.45, 2.75) is 51.3 Å². The number of alkyl halides is 3. The highest BCUT2D eigenvalue weighted by atomic mass is 32.2. The number of rotatable bonds is 6. The highest BCUT2D eigenvalue weighted by Crippen LogP contribution is 2.37. The Hall–Kier alpha value is -2.85. The van der Waals surface area contributed by atoms with Gasteiger partial charge in [-0.2, -0.15) is 17.5 Å². The Balaban J connectivity index is 1.78. The summed E-state index contributed by atoms with van der Waals surface area (Å²) in [5.41, 5.74) is -1.45. The molecule has 34 heavy (non-hydrogen) atoms. The fraction of sp³-hybridized carbons (Fsp3) is 0.375. The molecule has 10 heteroatoms. The van der Waals surface area contributed by atoms with Crippen LogP contribution in [0.5, 0.6) is 0 Å². The molecular weight excluding hydrogens is 465 g/mol. The molecule has 2 aromatic carbocycles. The maximum Gasteiger partial charge on any atom is 0.511 e. The molecule has 3 aromatic rings. The Labute approximate surface area is 197 Å². The van der Waals surface area contributed by atoms with Gasteiger partial charge in [0, 0.05) is 24.8 Å². The van der Waals surface area contributed by atoms with Gasteiger partial charge in [0.15, 0.2) is 0 Å². The molecule has 6 nitrogen and oxygen atoms in total. The molecule has 2 heterocycles. The Kier molecular flexibility index (Phi) is 6.73. The minimum absolute atomic E-state index is 0.268. The summed E-state index contributed by atoms with van der Waals surface area (Å²) in [7, 11) is -5.50. The van der Waals surface area contributed by atoms with E-state index in [9.17, 15) is 21.6 Å². The van der Waals surface area contributed by atoms with Crippen LogP contribution < -0.4 is 4.90 Å². The lowest BCUT2D eigenvalue weighted by atomic mass is 10.0. The van der Waals surface area contributed by atoms with Gasteiger partial charge in [0.25, 0.3) is 0 Å². The molecule has 0 unspecified atom stereocenters. The maximum absolute atomic E-state index is 13.6. The van der Waals surface area contributed by atoms with Crippen molar-refractivity contribution in [2.75, 3.05) is 11.4 Å². The average Bonchev–Trinajstić information content (AvgIpc) is 3.12. The van der Waals surface area contributed by atoms with E-state index in [0.29, 0.717) is 29.3 Å². The number of H-pyrrole nitrogens is 1. The van der Waals surface area contributed by atoms with Gasteiger partial charge in [-0.1, -0.05) is 42.5 Å². The first kappa shape index (κ1) is 24.3. The number of imidazole rings is 1. The summed E-state index contributed by atoms with van der Waals surface area (Å²) < 4.78 is 66.4. The molecule has 1 aliphatic heterocycles. The Bertz CT molecular complexity index is 1240. The van der Waals surface area contributed by atoms with Gasteiger partial charge in [-0.25, -0.2) is 13.4 Å². The molecule has 0 amide bonds. The Morgan fingerprint density at radius 3 is 2.47 bits per heavy atom. The fourth-order valence-corrected chi connectivity index (χ4v) is 5.40. The molecule has 0 fully saturated rings. The summed E-state index contributed by atoms with van der Waals surface area (Å²) in [6.07, 6.45) is 2.79. The predicted molar refractivity (Wildman–Crippen MR) is 125 cm³/mol. The van der Waals surface area contributed by atoms with Gasteiger partial charge >= 0.3 is 15.5 Å². The zero-order chi connectivity index (χ0) is 24.5. The first-order valence-electron chi connectivity index (χ1n) is 11.0. The van der Waals surface area contributed by atoms with Crippen LogP contribution >= 0.6 is 0 Å². The topological polar surface area (TPSA) is 69.3 Å². The molecule has 1 atom stereocenters. The summed E-state index contributed by atoms with van der Waals surface area (Å²) in [6, 6.07) is 14.7. The average molecular weight is 493 g/mol. The van der Waals surface area contributed by atoms with Gasteiger partial charge in [-0.3, -0.25) is 0 Å². The number of benzene rings is 2. The van der Waals surface area contributed by atoms with Crippen molar-refractivity contribution in [3.05, 3.63) is 82.9 Å². The smallest absolute Gasteiger partial charge is 0.361 e. The minimum Gasteiger partial charge on any atom is -0.361 e. The number of fused-ring (bicyclic) bond motifs is 1. The summed E-state index contributed by atoms with van der Waals surface area (Å²) in [5, 5.41) is 0. The van der Waals surface area contributed by atoms with E-state index in [0.717, 1.165) is 28.3 Å². The number of anilines is 1. The SMILES string of the molecule is Cc1ncc(CN2c3cccc(C)c3CN(S(=O)(=O)C(F)(F)F)C[C@H]2CCc2ccccc2)[nH]1. The van der Waals surface area contributed by atoms with Gasteiger partial charge in [-0.15, -0.1) is 0 Å². The van der Waals surface area contributed by atoms with E-state index in [4.69, 9.17) is 0 Å². The van der Waals surface area contributed by atoms with E-state index in [2.05, 4.69) is 9.97 Å². The number of aromatic nitrogens is 2. The highest BCUT2D eigenvalue weighted by Gasteiger charge is 2.51. The molecule has 0 saturated heterocycles. The van der Waals surface area contributed by atoms with Crippen molar-refractivity contribution in [3.8, 4) is 0 Å². The molecule has 4 rings (SSSR count). The summed E-state index contributed by atoms with van der Waals surface area (Å²) in [6.45, 7) is 3.39. The molecule has 0 bridgehead atoms. The highest BCUT2D eigenvalue weighted by molar-refractivity contribution is 7.89. The van der Waals surface area contributed by atoms with E-state index >= 15 is 0 Å². The molecule has 0 aliphatic carbocycles. The second-order valence-corrected chi connectivity index (χ2v) is 10.5. The van der Waals surface area contributed by atoms with Crippen LogP contribution in [0.2, 0.25) is 0 Å². The van der Waals surface area contributed by atoms with Crippen molar-refractivity contribution in [1.82, 2.24) is 14.3 Å². The van der Waals surface area contributed by atoms with Crippen LogP contribution in [0.25, 0.3) is 0 Å².